The summed E-state index contributed by atoms with van der Waals surface area (Å²) in [7, 11) is 1.69. The van der Waals surface area contributed by atoms with Crippen molar-refractivity contribution in [2.45, 2.75) is 20.0 Å². The Bertz CT molecular complexity index is 466. The molecule has 0 atom stereocenters. The Morgan fingerprint density at radius 3 is 2.76 bits per heavy atom. The molecule has 0 bridgehead atoms. The van der Waals surface area contributed by atoms with Crippen molar-refractivity contribution < 1.29 is 4.74 Å². The zero-order valence-corrected chi connectivity index (χ0v) is 10.2. The summed E-state index contributed by atoms with van der Waals surface area (Å²) in [5.74, 6) is 0.934. The monoisotopic (exact) mass is 231 g/mol. The second-order valence-corrected chi connectivity index (χ2v) is 4.01. The summed E-state index contributed by atoms with van der Waals surface area (Å²) in [5.41, 5.74) is 3.58. The van der Waals surface area contributed by atoms with E-state index in [1.165, 1.54) is 5.56 Å². The number of benzene rings is 1. The quantitative estimate of drug-likeness (QED) is 0.827. The minimum Gasteiger partial charge on any atom is -0.496 e. The number of nitrogens with zero attached hydrogens (tertiary/aromatic N) is 1. The highest BCUT2D eigenvalue weighted by molar-refractivity contribution is 5.36. The predicted octanol–water partition coefficient (Wildman–Crippen LogP) is 2.02. The Balaban J connectivity index is 1.89. The number of aryl methyl sites for hydroxylation is 1. The molecule has 4 nitrogen and oxygen atoms in total. The van der Waals surface area contributed by atoms with Gasteiger partial charge in [0, 0.05) is 24.8 Å². The average molecular weight is 231 g/mol. The SMILES string of the molecule is COc1ccc(CNCc2cn[nH]c2)cc1C. The molecule has 2 N–H and O–H groups in total. The molecule has 4 heteroatoms. The first-order chi connectivity index (χ1) is 8.29. The van der Waals surface area contributed by atoms with E-state index in [0.717, 1.165) is 30.0 Å². The highest BCUT2D eigenvalue weighted by Gasteiger charge is 2.00. The summed E-state index contributed by atoms with van der Waals surface area (Å²) in [6, 6.07) is 6.22. The first-order valence-corrected chi connectivity index (χ1v) is 5.61. The van der Waals surface area contributed by atoms with Crippen LogP contribution in [0.3, 0.4) is 0 Å². The van der Waals surface area contributed by atoms with Crippen LogP contribution in [-0.2, 0) is 13.1 Å². The van der Waals surface area contributed by atoms with Gasteiger partial charge in [0.25, 0.3) is 0 Å². The normalized spacial score (nSPS) is 10.5. The van der Waals surface area contributed by atoms with Gasteiger partial charge in [0.15, 0.2) is 0 Å². The molecule has 0 radical (unpaired) electrons. The van der Waals surface area contributed by atoms with Crippen LogP contribution in [-0.4, -0.2) is 17.3 Å². The van der Waals surface area contributed by atoms with E-state index in [2.05, 4.69) is 34.6 Å². The number of nitrogens with one attached hydrogen (secondary N) is 2. The molecule has 2 aromatic rings. The van der Waals surface area contributed by atoms with Gasteiger partial charge in [0.2, 0.25) is 0 Å². The Kier molecular flexibility index (Phi) is 3.77. The molecule has 0 fully saturated rings. The molecule has 0 aliphatic rings. The number of hydrogen-bond donors (Lipinski definition) is 2. The highest BCUT2D eigenvalue weighted by atomic mass is 16.5. The topological polar surface area (TPSA) is 49.9 Å². The fourth-order valence-corrected chi connectivity index (χ4v) is 1.78. The minimum absolute atomic E-state index is 0.821. The molecule has 0 aliphatic carbocycles. The van der Waals surface area contributed by atoms with E-state index in [1.54, 1.807) is 7.11 Å². The van der Waals surface area contributed by atoms with Crippen molar-refractivity contribution in [1.82, 2.24) is 15.5 Å². The number of rotatable bonds is 5. The third kappa shape index (κ3) is 3.07. The zero-order chi connectivity index (χ0) is 12.1. The number of H-pyrrole nitrogens is 1. The zero-order valence-electron chi connectivity index (χ0n) is 10.2. The lowest BCUT2D eigenvalue weighted by molar-refractivity contribution is 0.411. The lowest BCUT2D eigenvalue weighted by Gasteiger charge is -2.08. The third-order valence-corrected chi connectivity index (χ3v) is 2.67. The number of aromatic amines is 1. The van der Waals surface area contributed by atoms with Gasteiger partial charge in [-0.05, 0) is 24.1 Å². The van der Waals surface area contributed by atoms with E-state index >= 15 is 0 Å². The summed E-state index contributed by atoms with van der Waals surface area (Å²) in [4.78, 5) is 0. The molecule has 90 valence electrons. The maximum Gasteiger partial charge on any atom is 0.121 e. The van der Waals surface area contributed by atoms with Crippen LogP contribution in [0.25, 0.3) is 0 Å². The van der Waals surface area contributed by atoms with Crippen molar-refractivity contribution in [1.29, 1.82) is 0 Å². The molecule has 1 heterocycles. The summed E-state index contributed by atoms with van der Waals surface area (Å²) >= 11 is 0. The minimum atomic E-state index is 0.821. The van der Waals surface area contributed by atoms with E-state index in [1.807, 2.05) is 18.5 Å². The molecule has 0 saturated heterocycles. The van der Waals surface area contributed by atoms with Crippen molar-refractivity contribution >= 4 is 0 Å². The van der Waals surface area contributed by atoms with Gasteiger partial charge in [-0.2, -0.15) is 5.10 Å². The van der Waals surface area contributed by atoms with E-state index in [0.29, 0.717) is 0 Å². The smallest absolute Gasteiger partial charge is 0.121 e. The van der Waals surface area contributed by atoms with Crippen molar-refractivity contribution in [2.24, 2.45) is 0 Å². The molecule has 0 amide bonds. The Morgan fingerprint density at radius 2 is 2.12 bits per heavy atom. The largest absolute Gasteiger partial charge is 0.496 e. The fourth-order valence-electron chi connectivity index (χ4n) is 1.78. The van der Waals surface area contributed by atoms with Gasteiger partial charge in [0.1, 0.15) is 5.75 Å². The van der Waals surface area contributed by atoms with E-state index in [4.69, 9.17) is 4.74 Å². The van der Waals surface area contributed by atoms with E-state index in [-0.39, 0.29) is 0 Å². The van der Waals surface area contributed by atoms with Crippen LogP contribution >= 0.6 is 0 Å². The van der Waals surface area contributed by atoms with Gasteiger partial charge < -0.3 is 10.1 Å². The second kappa shape index (κ2) is 5.50. The lowest BCUT2D eigenvalue weighted by atomic mass is 10.1. The standard InChI is InChI=1S/C13H17N3O/c1-10-5-11(3-4-13(10)17-2)6-14-7-12-8-15-16-9-12/h3-5,8-9,14H,6-7H2,1-2H3,(H,15,16). The molecule has 1 aromatic carbocycles. The van der Waals surface area contributed by atoms with Crippen molar-refractivity contribution in [3.63, 3.8) is 0 Å². The summed E-state index contributed by atoms with van der Waals surface area (Å²) in [6.07, 6.45) is 3.72. The maximum atomic E-state index is 5.23. The first kappa shape index (κ1) is 11.7. The van der Waals surface area contributed by atoms with Gasteiger partial charge in [-0.1, -0.05) is 12.1 Å². The molecule has 2 rings (SSSR count). The van der Waals surface area contributed by atoms with Gasteiger partial charge in [-0.25, -0.2) is 0 Å². The van der Waals surface area contributed by atoms with Crippen LogP contribution in [0.4, 0.5) is 0 Å². The van der Waals surface area contributed by atoms with Gasteiger partial charge in [-0.15, -0.1) is 0 Å². The van der Waals surface area contributed by atoms with Crippen molar-refractivity contribution in [2.75, 3.05) is 7.11 Å². The molecule has 17 heavy (non-hydrogen) atoms. The molecule has 0 spiro atoms. The second-order valence-electron chi connectivity index (χ2n) is 4.01. The molecule has 0 saturated carbocycles. The number of methoxy groups -OCH3 is 1. The molecule has 0 unspecified atom stereocenters. The van der Waals surface area contributed by atoms with Crippen LogP contribution in [0, 0.1) is 6.92 Å². The van der Waals surface area contributed by atoms with Crippen LogP contribution in [0.15, 0.2) is 30.6 Å². The van der Waals surface area contributed by atoms with Crippen molar-refractivity contribution in [3.05, 3.63) is 47.3 Å². The number of aromatic nitrogens is 2. The summed E-state index contributed by atoms with van der Waals surface area (Å²) < 4.78 is 5.23. The summed E-state index contributed by atoms with van der Waals surface area (Å²) in [6.45, 7) is 3.72. The van der Waals surface area contributed by atoms with Gasteiger partial charge >= 0.3 is 0 Å². The Hall–Kier alpha value is -1.81. The van der Waals surface area contributed by atoms with Crippen LogP contribution < -0.4 is 10.1 Å². The van der Waals surface area contributed by atoms with Gasteiger partial charge in [-0.3, -0.25) is 5.10 Å². The predicted molar refractivity (Wildman–Crippen MR) is 66.9 cm³/mol. The fraction of sp³-hybridized carbons (Fsp3) is 0.308. The molecule has 0 aliphatic heterocycles. The van der Waals surface area contributed by atoms with Crippen LogP contribution in [0.1, 0.15) is 16.7 Å². The number of hydrogen-bond acceptors (Lipinski definition) is 3. The molecular formula is C13H17N3O. The maximum absolute atomic E-state index is 5.23. The molecular weight excluding hydrogens is 214 g/mol. The molecule has 1 aromatic heterocycles. The Morgan fingerprint density at radius 1 is 1.29 bits per heavy atom. The Labute approximate surface area is 101 Å². The van der Waals surface area contributed by atoms with Crippen LogP contribution in [0.5, 0.6) is 5.75 Å². The van der Waals surface area contributed by atoms with Gasteiger partial charge in [0.05, 0.1) is 13.3 Å². The van der Waals surface area contributed by atoms with E-state index < -0.39 is 0 Å². The first-order valence-electron chi connectivity index (χ1n) is 5.61. The third-order valence-electron chi connectivity index (χ3n) is 2.67. The number of ether oxygens (including phenoxy) is 1. The highest BCUT2D eigenvalue weighted by Crippen LogP contribution is 2.18. The summed E-state index contributed by atoms with van der Waals surface area (Å²) in [5, 5.41) is 10.1. The van der Waals surface area contributed by atoms with Crippen molar-refractivity contribution in [3.8, 4) is 5.75 Å². The van der Waals surface area contributed by atoms with Crippen LogP contribution in [0.2, 0.25) is 0 Å². The average Bonchev–Trinajstić information content (AvgIpc) is 2.82. The lowest BCUT2D eigenvalue weighted by Crippen LogP contribution is -2.12. The van der Waals surface area contributed by atoms with E-state index in [9.17, 15) is 0 Å².